The van der Waals surface area contributed by atoms with E-state index in [4.69, 9.17) is 9.47 Å². The van der Waals surface area contributed by atoms with Crippen LogP contribution in [0.5, 0.6) is 5.75 Å². The molecule has 1 amide bonds. The van der Waals surface area contributed by atoms with E-state index >= 15 is 0 Å². The quantitative estimate of drug-likeness (QED) is 0.332. The van der Waals surface area contributed by atoms with Gasteiger partial charge in [-0.05, 0) is 37.3 Å². The standard InChI is InChI=1S/C18H16Br3NO4/c1-11-6-8-12(9-7-11)15(23)22-17(18(19,20)21)26-14-5-3-4-13(10-14)16(24)25-2/h3-10,17H,1-2H3,(H,22,23)/t17-/m0/s1. The number of hydrogen-bond acceptors (Lipinski definition) is 4. The molecule has 0 aliphatic heterocycles. The minimum atomic E-state index is -0.922. The Balaban J connectivity index is 2.19. The molecular formula is C18H16Br3NO4. The van der Waals surface area contributed by atoms with Crippen LogP contribution in [0.2, 0.25) is 0 Å². The summed E-state index contributed by atoms with van der Waals surface area (Å²) >= 11 is 10.1. The Bertz CT molecular complexity index is 788. The lowest BCUT2D eigenvalue weighted by molar-refractivity contribution is 0.0598. The summed E-state index contributed by atoms with van der Waals surface area (Å²) < 4.78 is 9.63. The zero-order chi connectivity index (χ0) is 19.3. The lowest BCUT2D eigenvalue weighted by Crippen LogP contribution is -2.47. The van der Waals surface area contributed by atoms with Crippen LogP contribution in [0.15, 0.2) is 48.5 Å². The summed E-state index contributed by atoms with van der Waals surface area (Å²) in [6.07, 6.45) is -0.829. The molecule has 2 rings (SSSR count). The molecule has 0 aromatic heterocycles. The minimum Gasteiger partial charge on any atom is -0.467 e. The predicted octanol–water partition coefficient (Wildman–Crippen LogP) is 4.76. The number of aryl methyl sites for hydroxylation is 1. The molecule has 2 aromatic rings. The van der Waals surface area contributed by atoms with Crippen LogP contribution < -0.4 is 10.1 Å². The van der Waals surface area contributed by atoms with Crippen LogP contribution in [0.4, 0.5) is 0 Å². The summed E-state index contributed by atoms with van der Waals surface area (Å²) in [6.45, 7) is 1.95. The van der Waals surface area contributed by atoms with Crippen LogP contribution in [0.1, 0.15) is 26.3 Å². The lowest BCUT2D eigenvalue weighted by Gasteiger charge is -2.27. The summed E-state index contributed by atoms with van der Waals surface area (Å²) in [4.78, 5) is 24.2. The van der Waals surface area contributed by atoms with Crippen molar-refractivity contribution in [1.82, 2.24) is 5.32 Å². The summed E-state index contributed by atoms with van der Waals surface area (Å²) in [7, 11) is 1.31. The van der Waals surface area contributed by atoms with Gasteiger partial charge in [-0.3, -0.25) is 4.79 Å². The van der Waals surface area contributed by atoms with Gasteiger partial charge in [-0.2, -0.15) is 0 Å². The van der Waals surface area contributed by atoms with Gasteiger partial charge in [0.15, 0.2) is 2.14 Å². The van der Waals surface area contributed by atoms with Crippen molar-refractivity contribution in [3.63, 3.8) is 0 Å². The van der Waals surface area contributed by atoms with E-state index in [0.717, 1.165) is 5.56 Å². The number of nitrogens with one attached hydrogen (secondary N) is 1. The van der Waals surface area contributed by atoms with Gasteiger partial charge < -0.3 is 14.8 Å². The van der Waals surface area contributed by atoms with Crippen molar-refractivity contribution < 1.29 is 19.1 Å². The van der Waals surface area contributed by atoms with E-state index in [1.165, 1.54) is 13.2 Å². The first-order chi connectivity index (χ1) is 12.2. The SMILES string of the molecule is COC(=O)c1cccc(O[C@H](NC(=O)c2ccc(C)cc2)C(Br)(Br)Br)c1. The lowest BCUT2D eigenvalue weighted by atomic mass is 10.1. The van der Waals surface area contributed by atoms with Gasteiger partial charge in [0.1, 0.15) is 5.75 Å². The van der Waals surface area contributed by atoms with Crippen molar-refractivity contribution in [2.75, 3.05) is 7.11 Å². The zero-order valence-electron chi connectivity index (χ0n) is 14.0. The highest BCUT2D eigenvalue weighted by Crippen LogP contribution is 2.38. The second-order valence-corrected chi connectivity index (χ2v) is 12.3. The molecule has 0 aliphatic rings. The first kappa shape index (κ1) is 20.9. The summed E-state index contributed by atoms with van der Waals surface area (Å²) in [5.74, 6) is -0.384. The molecule has 0 spiro atoms. The van der Waals surface area contributed by atoms with E-state index in [9.17, 15) is 9.59 Å². The van der Waals surface area contributed by atoms with E-state index in [0.29, 0.717) is 16.9 Å². The molecule has 1 atom stereocenters. The third kappa shape index (κ3) is 5.82. The van der Waals surface area contributed by atoms with Gasteiger partial charge in [0.05, 0.1) is 12.7 Å². The average Bonchev–Trinajstić information content (AvgIpc) is 2.60. The maximum absolute atomic E-state index is 12.5. The fourth-order valence-corrected chi connectivity index (χ4v) is 2.66. The summed E-state index contributed by atoms with van der Waals surface area (Å²) in [5, 5.41) is 2.79. The van der Waals surface area contributed by atoms with Crippen LogP contribution in [0, 0.1) is 6.92 Å². The summed E-state index contributed by atoms with van der Waals surface area (Å²) in [5.41, 5.74) is 1.91. The van der Waals surface area contributed by atoms with Crippen molar-refractivity contribution in [3.05, 3.63) is 65.2 Å². The van der Waals surface area contributed by atoms with Crippen LogP contribution >= 0.6 is 47.8 Å². The van der Waals surface area contributed by atoms with E-state index in [1.807, 2.05) is 19.1 Å². The smallest absolute Gasteiger partial charge is 0.337 e. The Labute approximate surface area is 176 Å². The number of esters is 1. The average molecular weight is 550 g/mol. The molecule has 0 fully saturated rings. The number of benzene rings is 2. The third-order valence-electron chi connectivity index (χ3n) is 3.38. The molecule has 8 heteroatoms. The van der Waals surface area contributed by atoms with Crippen LogP contribution in [-0.2, 0) is 4.74 Å². The van der Waals surface area contributed by atoms with Crippen LogP contribution in [-0.4, -0.2) is 27.4 Å². The number of carbonyl (C=O) groups is 2. The number of amides is 1. The molecule has 0 aliphatic carbocycles. The van der Waals surface area contributed by atoms with Gasteiger partial charge >= 0.3 is 5.97 Å². The number of methoxy groups -OCH3 is 1. The number of ether oxygens (including phenoxy) is 2. The van der Waals surface area contributed by atoms with Gasteiger partial charge in [0, 0.05) is 5.56 Å². The maximum atomic E-state index is 12.5. The van der Waals surface area contributed by atoms with Crippen molar-refractivity contribution in [3.8, 4) is 5.75 Å². The van der Waals surface area contributed by atoms with E-state index in [1.54, 1.807) is 30.3 Å². The summed E-state index contributed by atoms with van der Waals surface area (Å²) in [6, 6.07) is 13.7. The van der Waals surface area contributed by atoms with Crippen LogP contribution in [0.3, 0.4) is 0 Å². The Kier molecular flexibility index (Phi) is 7.25. The normalized spacial score (nSPS) is 12.2. The molecule has 26 heavy (non-hydrogen) atoms. The second-order valence-electron chi connectivity index (χ2n) is 5.40. The molecule has 0 radical (unpaired) electrons. The largest absolute Gasteiger partial charge is 0.467 e. The van der Waals surface area contributed by atoms with Gasteiger partial charge in [-0.25, -0.2) is 4.79 Å². The molecule has 138 valence electrons. The first-order valence-electron chi connectivity index (χ1n) is 7.50. The molecule has 0 saturated carbocycles. The molecule has 1 N–H and O–H groups in total. The number of carbonyl (C=O) groups excluding carboxylic acids is 2. The molecule has 0 unspecified atom stereocenters. The number of rotatable bonds is 5. The highest BCUT2D eigenvalue weighted by Gasteiger charge is 2.34. The third-order valence-corrected chi connectivity index (χ3v) is 4.63. The van der Waals surface area contributed by atoms with Gasteiger partial charge in [0.2, 0.25) is 6.23 Å². The van der Waals surface area contributed by atoms with E-state index < -0.39 is 14.3 Å². The van der Waals surface area contributed by atoms with E-state index in [2.05, 4.69) is 53.1 Å². The molecule has 0 bridgehead atoms. The minimum absolute atomic E-state index is 0.304. The van der Waals surface area contributed by atoms with Crippen molar-refractivity contribution in [2.24, 2.45) is 0 Å². The zero-order valence-corrected chi connectivity index (χ0v) is 18.7. The molecule has 5 nitrogen and oxygen atoms in total. The van der Waals surface area contributed by atoms with Crippen molar-refractivity contribution in [2.45, 2.75) is 15.3 Å². The Morgan fingerprint density at radius 1 is 1.04 bits per heavy atom. The molecular weight excluding hydrogens is 534 g/mol. The van der Waals surface area contributed by atoms with Gasteiger partial charge in [0.25, 0.3) is 5.91 Å². The molecule has 0 heterocycles. The Morgan fingerprint density at radius 2 is 1.69 bits per heavy atom. The van der Waals surface area contributed by atoms with Crippen molar-refractivity contribution in [1.29, 1.82) is 0 Å². The maximum Gasteiger partial charge on any atom is 0.337 e. The highest BCUT2D eigenvalue weighted by molar-refractivity contribution is 9.39. The molecule has 2 aromatic carbocycles. The van der Waals surface area contributed by atoms with E-state index in [-0.39, 0.29) is 5.91 Å². The monoisotopic (exact) mass is 547 g/mol. The highest BCUT2D eigenvalue weighted by atomic mass is 80.0. The molecule has 0 saturated heterocycles. The topological polar surface area (TPSA) is 64.6 Å². The number of halogens is 3. The first-order valence-corrected chi connectivity index (χ1v) is 9.88. The number of hydrogen-bond donors (Lipinski definition) is 1. The number of alkyl halides is 3. The fraction of sp³-hybridized carbons (Fsp3) is 0.222. The van der Waals surface area contributed by atoms with Gasteiger partial charge in [-0.15, -0.1) is 0 Å². The Morgan fingerprint density at radius 3 is 2.27 bits per heavy atom. The predicted molar refractivity (Wildman–Crippen MR) is 110 cm³/mol. The fourth-order valence-electron chi connectivity index (χ4n) is 2.04. The van der Waals surface area contributed by atoms with Crippen LogP contribution in [0.25, 0.3) is 0 Å². The van der Waals surface area contributed by atoms with Gasteiger partial charge in [-0.1, -0.05) is 71.6 Å². The van der Waals surface area contributed by atoms with Crippen molar-refractivity contribution >= 4 is 59.7 Å². The second kappa shape index (κ2) is 9.01. The Hall–Kier alpha value is -1.38.